The summed E-state index contributed by atoms with van der Waals surface area (Å²) in [6, 6.07) is 0. The second-order valence-electron chi connectivity index (χ2n) is 24.5. The highest BCUT2D eigenvalue weighted by Gasteiger charge is 2.19. The summed E-state index contributed by atoms with van der Waals surface area (Å²) in [6.45, 7) is 6.53. The van der Waals surface area contributed by atoms with Crippen molar-refractivity contribution in [1.82, 2.24) is 0 Å². The standard InChI is InChI=1S/C75H138O6/c1-4-7-10-13-16-19-22-25-27-29-31-32-33-34-35-36-37-38-39-40-41-42-43-44-46-47-50-53-56-59-62-65-68-74(77)80-71-72(70-79-73(76)67-64-61-58-55-52-49-24-21-18-15-12-9-6-3)81-75(78)69-66-63-60-57-54-51-48-45-30-28-26-23-20-17-14-11-8-5-2/h9,12,18,21,49,52,58,61,72H,4-8,10-11,13-17,19-20,22-48,50-51,53-57,59-60,62-71H2,1-3H3/b12-9-,21-18-,52-49-,61-58-. The van der Waals surface area contributed by atoms with Gasteiger partial charge in [0, 0.05) is 19.3 Å². The molecule has 0 bridgehead atoms. The SMILES string of the molecule is CC/C=C\C/C=C\C/C=C\C/C=C\CCC(=O)OCC(COC(=O)CCCCCCCCCCCCCCCCCCCCCCCCCCCCCCCCCC)OC(=O)CCCCCCCCCCCCCCCCCCCC. The van der Waals surface area contributed by atoms with E-state index in [2.05, 4.69) is 63.3 Å². The van der Waals surface area contributed by atoms with E-state index >= 15 is 0 Å². The molecule has 0 aromatic rings. The summed E-state index contributed by atoms with van der Waals surface area (Å²) in [5.74, 6) is -0.949. The molecule has 0 saturated carbocycles. The quantitative estimate of drug-likeness (QED) is 0.0261. The Morgan fingerprint density at radius 3 is 0.753 bits per heavy atom. The summed E-state index contributed by atoms with van der Waals surface area (Å²) in [7, 11) is 0. The van der Waals surface area contributed by atoms with Crippen molar-refractivity contribution in [2.45, 2.75) is 399 Å². The first-order chi connectivity index (χ1) is 40.0. The van der Waals surface area contributed by atoms with Crippen molar-refractivity contribution in [2.24, 2.45) is 0 Å². The monoisotopic (exact) mass is 1140 g/mol. The van der Waals surface area contributed by atoms with E-state index in [1.165, 1.54) is 283 Å². The zero-order valence-electron chi connectivity index (χ0n) is 54.6. The Kier molecular flexibility index (Phi) is 67.6. The summed E-state index contributed by atoms with van der Waals surface area (Å²) in [5, 5.41) is 0. The molecule has 0 radical (unpaired) electrons. The number of carbonyl (C=O) groups is 3. The molecule has 6 nitrogen and oxygen atoms in total. The molecule has 0 N–H and O–H groups in total. The summed E-state index contributed by atoms with van der Waals surface area (Å²) in [5.41, 5.74) is 0. The third-order valence-corrected chi connectivity index (χ3v) is 16.4. The third-order valence-electron chi connectivity index (χ3n) is 16.4. The smallest absolute Gasteiger partial charge is 0.306 e. The fourth-order valence-electron chi connectivity index (χ4n) is 11.0. The molecule has 0 spiro atoms. The highest BCUT2D eigenvalue weighted by Crippen LogP contribution is 2.19. The lowest BCUT2D eigenvalue weighted by atomic mass is 10.0. The van der Waals surface area contributed by atoms with Gasteiger partial charge in [-0.2, -0.15) is 0 Å². The Bertz CT molecular complexity index is 1400. The number of allylic oxidation sites excluding steroid dienone is 8. The van der Waals surface area contributed by atoms with Crippen molar-refractivity contribution < 1.29 is 28.6 Å². The fraction of sp³-hybridized carbons (Fsp3) is 0.853. The van der Waals surface area contributed by atoms with Crippen molar-refractivity contribution in [1.29, 1.82) is 0 Å². The number of rotatable bonds is 67. The van der Waals surface area contributed by atoms with Gasteiger partial charge < -0.3 is 14.2 Å². The minimum Gasteiger partial charge on any atom is -0.462 e. The molecule has 1 unspecified atom stereocenters. The van der Waals surface area contributed by atoms with Crippen LogP contribution in [0.1, 0.15) is 393 Å². The highest BCUT2D eigenvalue weighted by atomic mass is 16.6. The van der Waals surface area contributed by atoms with E-state index < -0.39 is 6.10 Å². The zero-order chi connectivity index (χ0) is 58.5. The van der Waals surface area contributed by atoms with Gasteiger partial charge in [-0.05, 0) is 44.9 Å². The van der Waals surface area contributed by atoms with E-state index in [-0.39, 0.29) is 37.5 Å². The van der Waals surface area contributed by atoms with E-state index in [4.69, 9.17) is 14.2 Å². The number of unbranched alkanes of at least 4 members (excludes halogenated alkanes) is 48. The van der Waals surface area contributed by atoms with E-state index in [1.54, 1.807) is 0 Å². The summed E-state index contributed by atoms with van der Waals surface area (Å²) < 4.78 is 16.9. The van der Waals surface area contributed by atoms with Crippen molar-refractivity contribution in [3.8, 4) is 0 Å². The van der Waals surface area contributed by atoms with Crippen molar-refractivity contribution in [3.63, 3.8) is 0 Å². The molecule has 0 amide bonds. The topological polar surface area (TPSA) is 78.9 Å². The van der Waals surface area contributed by atoms with Gasteiger partial charge in [0.15, 0.2) is 6.10 Å². The van der Waals surface area contributed by atoms with Gasteiger partial charge in [-0.3, -0.25) is 14.4 Å². The Hall–Kier alpha value is -2.63. The first-order valence-electron chi connectivity index (χ1n) is 36.1. The van der Waals surface area contributed by atoms with Crippen LogP contribution in [0.25, 0.3) is 0 Å². The Morgan fingerprint density at radius 2 is 0.481 bits per heavy atom. The van der Waals surface area contributed by atoms with Crippen LogP contribution in [-0.4, -0.2) is 37.2 Å². The van der Waals surface area contributed by atoms with Crippen molar-refractivity contribution in [3.05, 3.63) is 48.6 Å². The second kappa shape index (κ2) is 69.9. The third kappa shape index (κ3) is 68.0. The Labute approximate surface area is 505 Å². The average Bonchev–Trinajstić information content (AvgIpc) is 3.46. The van der Waals surface area contributed by atoms with Gasteiger partial charge in [-0.15, -0.1) is 0 Å². The molecule has 0 aliphatic carbocycles. The van der Waals surface area contributed by atoms with Gasteiger partial charge in [0.2, 0.25) is 0 Å². The molecule has 0 aromatic heterocycles. The van der Waals surface area contributed by atoms with E-state index in [0.717, 1.165) is 64.2 Å². The molecule has 0 aliphatic heterocycles. The predicted molar refractivity (Wildman–Crippen MR) is 353 cm³/mol. The Morgan fingerprint density at radius 1 is 0.259 bits per heavy atom. The van der Waals surface area contributed by atoms with Crippen LogP contribution in [0.4, 0.5) is 0 Å². The van der Waals surface area contributed by atoms with Crippen molar-refractivity contribution in [2.75, 3.05) is 13.2 Å². The molecule has 0 heterocycles. The lowest BCUT2D eigenvalue weighted by Crippen LogP contribution is -2.30. The predicted octanol–water partition coefficient (Wildman–Crippen LogP) is 24.9. The first kappa shape index (κ1) is 78.4. The van der Waals surface area contributed by atoms with Gasteiger partial charge in [0.25, 0.3) is 0 Å². The van der Waals surface area contributed by atoms with Gasteiger partial charge >= 0.3 is 17.9 Å². The van der Waals surface area contributed by atoms with Crippen LogP contribution < -0.4 is 0 Å². The molecule has 0 rings (SSSR count). The molecular formula is C75H138O6. The van der Waals surface area contributed by atoms with Crippen molar-refractivity contribution >= 4 is 17.9 Å². The fourth-order valence-corrected chi connectivity index (χ4v) is 11.0. The number of hydrogen-bond acceptors (Lipinski definition) is 6. The molecule has 474 valence electrons. The van der Waals surface area contributed by atoms with Crippen LogP contribution in [-0.2, 0) is 28.6 Å². The number of carbonyl (C=O) groups excluding carboxylic acids is 3. The molecule has 0 aromatic carbocycles. The maximum absolute atomic E-state index is 12.9. The van der Waals surface area contributed by atoms with Gasteiger partial charge in [0.1, 0.15) is 13.2 Å². The number of hydrogen-bond donors (Lipinski definition) is 0. The zero-order valence-corrected chi connectivity index (χ0v) is 54.6. The van der Waals surface area contributed by atoms with Crippen LogP contribution in [0, 0.1) is 0 Å². The number of ether oxygens (including phenoxy) is 3. The largest absolute Gasteiger partial charge is 0.462 e. The van der Waals surface area contributed by atoms with Crippen LogP contribution >= 0.6 is 0 Å². The molecular weight excluding hydrogens is 997 g/mol. The summed E-state index contributed by atoms with van der Waals surface area (Å²) in [6.07, 6.45) is 89.0. The average molecular weight is 1140 g/mol. The van der Waals surface area contributed by atoms with E-state index in [1.807, 2.05) is 6.08 Å². The summed E-state index contributed by atoms with van der Waals surface area (Å²) >= 11 is 0. The van der Waals surface area contributed by atoms with E-state index in [0.29, 0.717) is 19.3 Å². The maximum atomic E-state index is 12.9. The maximum Gasteiger partial charge on any atom is 0.306 e. The van der Waals surface area contributed by atoms with Crippen LogP contribution in [0.3, 0.4) is 0 Å². The highest BCUT2D eigenvalue weighted by molar-refractivity contribution is 5.71. The molecule has 1 atom stereocenters. The minimum atomic E-state index is -0.799. The van der Waals surface area contributed by atoms with E-state index in [9.17, 15) is 14.4 Å². The molecule has 81 heavy (non-hydrogen) atoms. The Balaban J connectivity index is 4.14. The van der Waals surface area contributed by atoms with Gasteiger partial charge in [-0.25, -0.2) is 0 Å². The molecule has 6 heteroatoms. The molecule has 0 saturated heterocycles. The second-order valence-corrected chi connectivity index (χ2v) is 24.5. The summed E-state index contributed by atoms with van der Waals surface area (Å²) in [4.78, 5) is 38.3. The minimum absolute atomic E-state index is 0.0898. The first-order valence-corrected chi connectivity index (χ1v) is 36.1. The van der Waals surface area contributed by atoms with Crippen LogP contribution in [0.2, 0.25) is 0 Å². The van der Waals surface area contributed by atoms with Crippen LogP contribution in [0.15, 0.2) is 48.6 Å². The normalized spacial score (nSPS) is 12.3. The van der Waals surface area contributed by atoms with Gasteiger partial charge in [-0.1, -0.05) is 378 Å². The van der Waals surface area contributed by atoms with Crippen LogP contribution in [0.5, 0.6) is 0 Å². The lowest BCUT2D eigenvalue weighted by Gasteiger charge is -2.18. The van der Waals surface area contributed by atoms with Gasteiger partial charge in [0.05, 0.1) is 0 Å². The molecule has 0 aliphatic rings. The lowest BCUT2D eigenvalue weighted by molar-refractivity contribution is -0.166. The number of esters is 3. The molecule has 0 fully saturated rings.